The number of fused-ring (bicyclic) bond motifs is 1. The van der Waals surface area contributed by atoms with Crippen molar-refractivity contribution >= 4 is 22.9 Å². The van der Waals surface area contributed by atoms with E-state index in [9.17, 15) is 5.11 Å². The number of hydrogen-bond donors (Lipinski definition) is 1. The molecule has 1 aliphatic rings. The second-order valence-electron chi connectivity index (χ2n) is 4.38. The number of oxazole rings is 1. The third kappa shape index (κ3) is 2.62. The first-order chi connectivity index (χ1) is 8.81. The highest BCUT2D eigenvalue weighted by atomic mass is 32.2. The SMILES string of the molecule is Oc1ccc2nc(CSC3CCOCC3)oc2c1. The summed E-state index contributed by atoms with van der Waals surface area (Å²) in [5.74, 6) is 1.72. The van der Waals surface area contributed by atoms with Crippen molar-refractivity contribution in [2.24, 2.45) is 0 Å². The van der Waals surface area contributed by atoms with Crippen LogP contribution in [0.5, 0.6) is 5.75 Å². The van der Waals surface area contributed by atoms with Crippen LogP contribution in [-0.2, 0) is 10.5 Å². The van der Waals surface area contributed by atoms with Gasteiger partial charge in [-0.3, -0.25) is 0 Å². The van der Waals surface area contributed by atoms with Gasteiger partial charge in [0.05, 0.1) is 5.75 Å². The molecule has 0 radical (unpaired) electrons. The van der Waals surface area contributed by atoms with Crippen LogP contribution in [0.4, 0.5) is 0 Å². The molecule has 2 aromatic rings. The van der Waals surface area contributed by atoms with Crippen molar-refractivity contribution in [3.05, 3.63) is 24.1 Å². The number of rotatable bonds is 3. The molecule has 4 nitrogen and oxygen atoms in total. The number of thioether (sulfide) groups is 1. The summed E-state index contributed by atoms with van der Waals surface area (Å²) in [6, 6.07) is 5.00. The Morgan fingerprint density at radius 2 is 2.17 bits per heavy atom. The van der Waals surface area contributed by atoms with E-state index in [4.69, 9.17) is 9.15 Å². The number of phenols is 1. The largest absolute Gasteiger partial charge is 0.508 e. The topological polar surface area (TPSA) is 55.5 Å². The van der Waals surface area contributed by atoms with Crippen LogP contribution >= 0.6 is 11.8 Å². The van der Waals surface area contributed by atoms with Crippen LogP contribution in [0.15, 0.2) is 22.6 Å². The van der Waals surface area contributed by atoms with Crippen molar-refractivity contribution < 1.29 is 14.3 Å². The standard InChI is InChI=1S/C13H15NO3S/c15-9-1-2-11-12(7-9)17-13(14-11)8-18-10-3-5-16-6-4-10/h1-2,7,10,15H,3-6,8H2. The smallest absolute Gasteiger partial charge is 0.205 e. The summed E-state index contributed by atoms with van der Waals surface area (Å²) in [6.45, 7) is 1.72. The van der Waals surface area contributed by atoms with E-state index in [2.05, 4.69) is 4.98 Å². The summed E-state index contributed by atoms with van der Waals surface area (Å²) in [4.78, 5) is 4.41. The molecule has 1 aromatic heterocycles. The lowest BCUT2D eigenvalue weighted by Crippen LogP contribution is -2.17. The lowest BCUT2D eigenvalue weighted by Gasteiger charge is -2.20. The van der Waals surface area contributed by atoms with Crippen LogP contribution in [0.25, 0.3) is 11.1 Å². The van der Waals surface area contributed by atoms with Crippen molar-refractivity contribution in [1.82, 2.24) is 4.98 Å². The van der Waals surface area contributed by atoms with Crippen molar-refractivity contribution in [2.75, 3.05) is 13.2 Å². The van der Waals surface area contributed by atoms with Gasteiger partial charge < -0.3 is 14.3 Å². The van der Waals surface area contributed by atoms with Crippen molar-refractivity contribution in [3.63, 3.8) is 0 Å². The van der Waals surface area contributed by atoms with Gasteiger partial charge in [0.1, 0.15) is 11.3 Å². The zero-order chi connectivity index (χ0) is 12.4. The number of aromatic nitrogens is 1. The highest BCUT2D eigenvalue weighted by Gasteiger charge is 2.15. The third-order valence-corrected chi connectivity index (χ3v) is 4.38. The Balaban J connectivity index is 1.67. The first-order valence-electron chi connectivity index (χ1n) is 6.09. The van der Waals surface area contributed by atoms with E-state index < -0.39 is 0 Å². The van der Waals surface area contributed by atoms with Gasteiger partial charge in [-0.05, 0) is 25.0 Å². The van der Waals surface area contributed by atoms with Gasteiger partial charge in [-0.2, -0.15) is 0 Å². The number of phenolic OH excluding ortho intramolecular Hbond substituents is 1. The van der Waals surface area contributed by atoms with Gasteiger partial charge in [0.25, 0.3) is 0 Å². The Morgan fingerprint density at radius 3 is 3.00 bits per heavy atom. The number of nitrogens with zero attached hydrogens (tertiary/aromatic N) is 1. The Labute approximate surface area is 109 Å². The fraction of sp³-hybridized carbons (Fsp3) is 0.462. The molecule has 0 bridgehead atoms. The maximum absolute atomic E-state index is 9.37. The fourth-order valence-corrected chi connectivity index (χ4v) is 3.08. The molecule has 0 unspecified atom stereocenters. The second-order valence-corrected chi connectivity index (χ2v) is 5.67. The van der Waals surface area contributed by atoms with Crippen molar-refractivity contribution in [2.45, 2.75) is 23.8 Å². The van der Waals surface area contributed by atoms with E-state index in [0.29, 0.717) is 10.8 Å². The average Bonchev–Trinajstić information content (AvgIpc) is 2.79. The minimum absolute atomic E-state index is 0.210. The summed E-state index contributed by atoms with van der Waals surface area (Å²) >= 11 is 1.87. The van der Waals surface area contributed by atoms with Crippen LogP contribution < -0.4 is 0 Å². The van der Waals surface area contributed by atoms with Crippen LogP contribution in [0.2, 0.25) is 0 Å². The zero-order valence-corrected chi connectivity index (χ0v) is 10.8. The Bertz CT molecular complexity index is 534. The van der Waals surface area contributed by atoms with E-state index in [0.717, 1.165) is 43.2 Å². The Hall–Kier alpha value is -1.20. The molecule has 18 heavy (non-hydrogen) atoms. The average molecular weight is 265 g/mol. The molecule has 0 saturated carbocycles. The fourth-order valence-electron chi connectivity index (χ4n) is 2.05. The first-order valence-corrected chi connectivity index (χ1v) is 7.14. The van der Waals surface area contributed by atoms with Crippen LogP contribution in [0.3, 0.4) is 0 Å². The molecule has 3 rings (SSSR count). The normalized spacial score (nSPS) is 17.3. The molecule has 5 heteroatoms. The van der Waals surface area contributed by atoms with Gasteiger partial charge >= 0.3 is 0 Å². The molecule has 1 aliphatic heterocycles. The minimum Gasteiger partial charge on any atom is -0.508 e. The summed E-state index contributed by atoms with van der Waals surface area (Å²) in [5.41, 5.74) is 1.45. The molecule has 2 heterocycles. The van der Waals surface area contributed by atoms with Crippen molar-refractivity contribution in [1.29, 1.82) is 0 Å². The highest BCUT2D eigenvalue weighted by Crippen LogP contribution is 2.27. The van der Waals surface area contributed by atoms with E-state index in [1.54, 1.807) is 18.2 Å². The van der Waals surface area contributed by atoms with Gasteiger partial charge in [0, 0.05) is 24.5 Å². The lowest BCUT2D eigenvalue weighted by atomic mass is 10.2. The lowest BCUT2D eigenvalue weighted by molar-refractivity contribution is 0.1000. The quantitative estimate of drug-likeness (QED) is 0.924. The molecule has 0 aliphatic carbocycles. The molecule has 1 N–H and O–H groups in total. The predicted octanol–water partition coefficient (Wildman–Crippen LogP) is 2.95. The van der Waals surface area contributed by atoms with E-state index in [1.807, 2.05) is 11.8 Å². The van der Waals surface area contributed by atoms with Crippen molar-refractivity contribution in [3.8, 4) is 5.75 Å². The Kier molecular flexibility index (Phi) is 3.43. The summed E-state index contributed by atoms with van der Waals surface area (Å²) in [6.07, 6.45) is 2.21. The van der Waals surface area contributed by atoms with Crippen LogP contribution in [0, 0.1) is 0 Å². The number of aromatic hydroxyl groups is 1. The monoisotopic (exact) mass is 265 g/mol. The number of hydrogen-bond acceptors (Lipinski definition) is 5. The zero-order valence-electron chi connectivity index (χ0n) is 9.96. The minimum atomic E-state index is 0.210. The predicted molar refractivity (Wildman–Crippen MR) is 70.8 cm³/mol. The van der Waals surface area contributed by atoms with Crippen LogP contribution in [0.1, 0.15) is 18.7 Å². The van der Waals surface area contributed by atoms with Gasteiger partial charge in [-0.1, -0.05) is 0 Å². The molecule has 1 fully saturated rings. The maximum Gasteiger partial charge on any atom is 0.205 e. The van der Waals surface area contributed by atoms with E-state index >= 15 is 0 Å². The molecule has 1 saturated heterocycles. The summed E-state index contributed by atoms with van der Waals surface area (Å²) < 4.78 is 10.9. The van der Waals surface area contributed by atoms with Gasteiger partial charge in [0.2, 0.25) is 5.89 Å². The van der Waals surface area contributed by atoms with E-state index in [1.165, 1.54) is 0 Å². The van der Waals surface area contributed by atoms with Gasteiger partial charge in [-0.15, -0.1) is 11.8 Å². The number of benzene rings is 1. The maximum atomic E-state index is 9.37. The molecule has 1 aromatic carbocycles. The molecular weight excluding hydrogens is 250 g/mol. The van der Waals surface area contributed by atoms with Gasteiger partial charge in [-0.25, -0.2) is 4.98 Å². The summed E-state index contributed by atoms with van der Waals surface area (Å²) in [7, 11) is 0. The van der Waals surface area contributed by atoms with Gasteiger partial charge in [0.15, 0.2) is 5.58 Å². The third-order valence-electron chi connectivity index (χ3n) is 3.03. The molecule has 0 amide bonds. The van der Waals surface area contributed by atoms with Crippen LogP contribution in [-0.4, -0.2) is 28.6 Å². The molecule has 0 spiro atoms. The Morgan fingerprint density at radius 1 is 1.33 bits per heavy atom. The highest BCUT2D eigenvalue weighted by molar-refractivity contribution is 7.99. The molecular formula is C13H15NO3S. The second kappa shape index (κ2) is 5.20. The molecule has 0 atom stereocenters. The van der Waals surface area contributed by atoms with E-state index in [-0.39, 0.29) is 5.75 Å². The summed E-state index contributed by atoms with van der Waals surface area (Å²) in [5, 5.41) is 10.0. The molecule has 96 valence electrons. The number of ether oxygens (including phenoxy) is 1. The first kappa shape index (κ1) is 11.9.